The van der Waals surface area contributed by atoms with Gasteiger partial charge in [0, 0.05) is 26.1 Å². The number of carbonyl (C=O) groups is 2. The normalized spacial score (nSPS) is 18.6. The number of hydrogen-bond acceptors (Lipinski definition) is 7. The van der Waals surface area contributed by atoms with Gasteiger partial charge in [-0.25, -0.2) is 9.78 Å². The summed E-state index contributed by atoms with van der Waals surface area (Å²) in [5.41, 5.74) is 0.467. The molecule has 1 atom stereocenters. The number of amides is 1. The van der Waals surface area contributed by atoms with Gasteiger partial charge in [0.2, 0.25) is 0 Å². The van der Waals surface area contributed by atoms with E-state index in [1.54, 1.807) is 11.5 Å². The molecule has 8 nitrogen and oxygen atoms in total. The van der Waals surface area contributed by atoms with Crippen LogP contribution in [0.5, 0.6) is 0 Å². The molecular weight excluding hydrogens is 370 g/mol. The summed E-state index contributed by atoms with van der Waals surface area (Å²) in [6.07, 6.45) is 3.64. The molecule has 2 aromatic rings. The Morgan fingerprint density at radius 1 is 1.41 bits per heavy atom. The number of nitrogens with zero attached hydrogens (tertiary/aromatic N) is 2. The first-order chi connectivity index (χ1) is 13.0. The molecule has 27 heavy (non-hydrogen) atoms. The monoisotopic (exact) mass is 391 g/mol. The predicted molar refractivity (Wildman–Crippen MR) is 99.2 cm³/mol. The predicted octanol–water partition coefficient (Wildman–Crippen LogP) is 1.16. The maximum atomic E-state index is 12.7. The fourth-order valence-electron chi connectivity index (χ4n) is 3.55. The lowest BCUT2D eigenvalue weighted by Gasteiger charge is -2.10. The van der Waals surface area contributed by atoms with Gasteiger partial charge in [0.15, 0.2) is 6.61 Å². The van der Waals surface area contributed by atoms with E-state index in [1.165, 1.54) is 0 Å². The Bertz CT molecular complexity index is 958. The van der Waals surface area contributed by atoms with E-state index in [1.807, 2.05) is 0 Å². The van der Waals surface area contributed by atoms with Gasteiger partial charge in [0.25, 0.3) is 11.5 Å². The van der Waals surface area contributed by atoms with E-state index >= 15 is 0 Å². The van der Waals surface area contributed by atoms with Crippen LogP contribution in [0.3, 0.4) is 0 Å². The summed E-state index contributed by atoms with van der Waals surface area (Å²) < 4.78 is 12.2. The molecule has 0 aliphatic carbocycles. The van der Waals surface area contributed by atoms with E-state index < -0.39 is 5.97 Å². The molecule has 1 fully saturated rings. The van der Waals surface area contributed by atoms with Crippen molar-refractivity contribution < 1.29 is 19.1 Å². The van der Waals surface area contributed by atoms with Crippen LogP contribution in [0.25, 0.3) is 10.2 Å². The van der Waals surface area contributed by atoms with E-state index in [4.69, 9.17) is 9.47 Å². The molecule has 2 aliphatic heterocycles. The highest BCUT2D eigenvalue weighted by molar-refractivity contribution is 7.20. The third-order valence-electron chi connectivity index (χ3n) is 4.98. The van der Waals surface area contributed by atoms with E-state index in [0.29, 0.717) is 33.7 Å². The third kappa shape index (κ3) is 3.49. The molecule has 9 heteroatoms. The lowest BCUT2D eigenvalue weighted by Crippen LogP contribution is -2.34. The molecule has 2 aromatic heterocycles. The number of thiophene rings is 1. The van der Waals surface area contributed by atoms with Gasteiger partial charge in [0.05, 0.1) is 11.5 Å². The second kappa shape index (κ2) is 7.40. The Hall–Kier alpha value is -2.26. The molecule has 0 aromatic carbocycles. The minimum atomic E-state index is -0.604. The van der Waals surface area contributed by atoms with Crippen LogP contribution in [0.4, 0.5) is 0 Å². The number of fused-ring (bicyclic) bond motifs is 2. The van der Waals surface area contributed by atoms with Crippen molar-refractivity contribution in [1.29, 1.82) is 0 Å². The number of carbonyl (C=O) groups excluding carboxylic acids is 2. The number of esters is 1. The first kappa shape index (κ1) is 18.1. The number of rotatable bonds is 5. The Labute approximate surface area is 159 Å². The molecule has 1 amide bonds. The van der Waals surface area contributed by atoms with Gasteiger partial charge in [-0.15, -0.1) is 11.3 Å². The van der Waals surface area contributed by atoms with Gasteiger partial charge in [-0.05, 0) is 31.7 Å². The molecule has 0 spiro atoms. The molecule has 4 rings (SSSR count). The smallest absolute Gasteiger partial charge is 0.349 e. The summed E-state index contributed by atoms with van der Waals surface area (Å²) in [7, 11) is 0. The number of hydrogen-bond donors (Lipinski definition) is 1. The first-order valence-electron chi connectivity index (χ1n) is 9.13. The van der Waals surface area contributed by atoms with Crippen LogP contribution in [0, 0.1) is 6.92 Å². The highest BCUT2D eigenvalue weighted by Gasteiger charge is 2.24. The van der Waals surface area contributed by atoms with E-state index in [0.717, 1.165) is 49.5 Å². The highest BCUT2D eigenvalue weighted by Crippen LogP contribution is 2.29. The lowest BCUT2D eigenvalue weighted by atomic mass is 10.2. The van der Waals surface area contributed by atoms with Crippen LogP contribution < -0.4 is 10.9 Å². The van der Waals surface area contributed by atoms with Crippen molar-refractivity contribution in [2.24, 2.45) is 0 Å². The van der Waals surface area contributed by atoms with E-state index in [2.05, 4.69) is 10.3 Å². The van der Waals surface area contributed by atoms with Crippen LogP contribution in [0.2, 0.25) is 0 Å². The highest BCUT2D eigenvalue weighted by atomic mass is 32.1. The molecule has 0 bridgehead atoms. The number of nitrogens with one attached hydrogen (secondary N) is 1. The average Bonchev–Trinajstić information content (AvgIpc) is 3.38. The van der Waals surface area contributed by atoms with Crippen molar-refractivity contribution in [3.8, 4) is 0 Å². The maximum absolute atomic E-state index is 12.7. The molecule has 1 saturated heterocycles. The molecule has 0 radical (unpaired) electrons. The van der Waals surface area contributed by atoms with Crippen LogP contribution in [0.1, 0.15) is 40.3 Å². The van der Waals surface area contributed by atoms with Gasteiger partial charge >= 0.3 is 5.97 Å². The minimum absolute atomic E-state index is 0.0375. The van der Waals surface area contributed by atoms with Crippen LogP contribution in [0.15, 0.2) is 4.79 Å². The second-order valence-corrected chi connectivity index (χ2v) is 7.84. The van der Waals surface area contributed by atoms with Crippen molar-refractivity contribution in [1.82, 2.24) is 14.9 Å². The Kier molecular flexibility index (Phi) is 4.96. The van der Waals surface area contributed by atoms with Gasteiger partial charge < -0.3 is 14.8 Å². The van der Waals surface area contributed by atoms with Gasteiger partial charge in [-0.2, -0.15) is 0 Å². The number of aromatic nitrogens is 2. The molecule has 0 unspecified atom stereocenters. The lowest BCUT2D eigenvalue weighted by molar-refractivity contribution is -0.124. The number of ether oxygens (including phenoxy) is 2. The van der Waals surface area contributed by atoms with E-state index in [9.17, 15) is 14.4 Å². The Balaban J connectivity index is 1.43. The third-order valence-corrected chi connectivity index (χ3v) is 6.15. The SMILES string of the molecule is Cc1c(C(=O)OCC(=O)NC[C@@H]2CCCO2)sc2nc3n(c(=O)c12)CCC3. The maximum Gasteiger partial charge on any atom is 0.349 e. The van der Waals surface area contributed by atoms with Crippen LogP contribution in [-0.4, -0.2) is 47.3 Å². The second-order valence-electron chi connectivity index (χ2n) is 6.84. The van der Waals surface area contributed by atoms with E-state index in [-0.39, 0.29) is 24.2 Å². The summed E-state index contributed by atoms with van der Waals surface area (Å²) in [6, 6.07) is 0. The summed E-state index contributed by atoms with van der Waals surface area (Å²) in [5, 5.41) is 3.18. The van der Waals surface area contributed by atoms with Crippen molar-refractivity contribution >= 4 is 33.4 Å². The van der Waals surface area contributed by atoms with Gasteiger partial charge in [-0.3, -0.25) is 14.2 Å². The zero-order valence-corrected chi connectivity index (χ0v) is 15.9. The van der Waals surface area contributed by atoms with Crippen molar-refractivity contribution in [3.63, 3.8) is 0 Å². The van der Waals surface area contributed by atoms with Crippen molar-refractivity contribution in [3.05, 3.63) is 26.6 Å². The minimum Gasteiger partial charge on any atom is -0.451 e. The largest absolute Gasteiger partial charge is 0.451 e. The molecule has 144 valence electrons. The van der Waals surface area contributed by atoms with Gasteiger partial charge in [0.1, 0.15) is 15.5 Å². The zero-order chi connectivity index (χ0) is 19.0. The quantitative estimate of drug-likeness (QED) is 0.768. The van der Waals surface area contributed by atoms with Gasteiger partial charge in [-0.1, -0.05) is 0 Å². The Morgan fingerprint density at radius 2 is 2.26 bits per heavy atom. The van der Waals surface area contributed by atoms with Crippen molar-refractivity contribution in [2.45, 2.75) is 45.3 Å². The average molecular weight is 391 g/mol. The zero-order valence-electron chi connectivity index (χ0n) is 15.1. The summed E-state index contributed by atoms with van der Waals surface area (Å²) in [4.78, 5) is 42.4. The molecule has 0 saturated carbocycles. The van der Waals surface area contributed by atoms with Crippen LogP contribution in [-0.2, 0) is 27.2 Å². The fourth-order valence-corrected chi connectivity index (χ4v) is 4.63. The Morgan fingerprint density at radius 3 is 3.04 bits per heavy atom. The standard InChI is InChI=1S/C18H21N3O5S/c1-10-14-16(20-12-5-2-6-21(12)17(14)23)27-15(10)18(24)26-9-13(22)19-8-11-4-3-7-25-11/h11H,2-9H2,1H3,(H,19,22)/t11-/m0/s1. The molecule has 1 N–H and O–H groups in total. The first-order valence-corrected chi connectivity index (χ1v) is 9.94. The van der Waals surface area contributed by atoms with Crippen LogP contribution >= 0.6 is 11.3 Å². The molecule has 2 aliphatic rings. The number of aryl methyl sites for hydroxylation is 2. The molecule has 4 heterocycles. The molecular formula is C18H21N3O5S. The summed E-state index contributed by atoms with van der Waals surface area (Å²) in [5.74, 6) is -0.204. The summed E-state index contributed by atoms with van der Waals surface area (Å²) in [6.45, 7) is 3.17. The fraction of sp³-hybridized carbons (Fsp3) is 0.556. The van der Waals surface area contributed by atoms with Crippen molar-refractivity contribution in [2.75, 3.05) is 19.8 Å². The topological polar surface area (TPSA) is 99.5 Å². The summed E-state index contributed by atoms with van der Waals surface area (Å²) >= 11 is 1.15.